The van der Waals surface area contributed by atoms with Gasteiger partial charge in [-0.05, 0) is 36.8 Å². The number of quaternary nitrogens is 1. The topological polar surface area (TPSA) is 59.6 Å². The Morgan fingerprint density at radius 1 is 1.21 bits per heavy atom. The second kappa shape index (κ2) is 8.16. The molecule has 2 heterocycles. The summed E-state index contributed by atoms with van der Waals surface area (Å²) in [7, 11) is 1.73. The van der Waals surface area contributed by atoms with Crippen LogP contribution in [-0.2, 0) is 11.8 Å². The van der Waals surface area contributed by atoms with E-state index in [1.807, 2.05) is 48.2 Å². The molecule has 1 aromatic heterocycles. The first-order valence-electron chi connectivity index (χ1n) is 10.2. The molecule has 1 aliphatic rings. The number of hydrogen-bond acceptors (Lipinski definition) is 4. The van der Waals surface area contributed by atoms with Gasteiger partial charge in [0, 0.05) is 7.05 Å². The van der Waals surface area contributed by atoms with E-state index in [9.17, 15) is 9.59 Å². The summed E-state index contributed by atoms with van der Waals surface area (Å²) in [6, 6.07) is 11.8. The quantitative estimate of drug-likeness (QED) is 0.400. The van der Waals surface area contributed by atoms with Crippen molar-refractivity contribution in [3.8, 4) is 0 Å². The van der Waals surface area contributed by atoms with Crippen molar-refractivity contribution in [3.63, 3.8) is 0 Å². The highest BCUT2D eigenvalue weighted by Gasteiger charge is 2.27. The van der Waals surface area contributed by atoms with Crippen LogP contribution in [-0.4, -0.2) is 58.3 Å². The number of nitrogens with zero attached hydrogens (tertiary/aromatic N) is 3. The van der Waals surface area contributed by atoms with Crippen LogP contribution in [0.15, 0.2) is 46.3 Å². The Kier molecular flexibility index (Phi) is 5.61. The molecule has 1 aliphatic heterocycles. The molecular weight excluding hydrogens is 384 g/mol. The van der Waals surface area contributed by atoms with Gasteiger partial charge in [-0.2, -0.15) is 0 Å². The minimum Gasteiger partial charge on any atom is -0.332 e. The Balaban J connectivity index is 1.60. The number of likely N-dealkylation sites (N-methyl/N-ethyl adjacent to an activating group) is 1. The van der Waals surface area contributed by atoms with E-state index in [0.717, 1.165) is 43.5 Å². The lowest BCUT2D eigenvalue weighted by molar-refractivity contribution is -0.902. The number of piperazine rings is 1. The fourth-order valence-corrected chi connectivity index (χ4v) is 4.86. The van der Waals surface area contributed by atoms with E-state index in [1.54, 1.807) is 16.5 Å². The number of carbonyl (C=O) groups is 1. The first-order valence-corrected chi connectivity index (χ1v) is 11.0. The van der Waals surface area contributed by atoms with Crippen molar-refractivity contribution in [2.75, 3.05) is 32.7 Å². The molecule has 3 aromatic rings. The molecule has 1 N–H and O–H groups in total. The third-order valence-electron chi connectivity index (χ3n) is 5.81. The molecule has 4 rings (SSSR count). The Bertz CT molecular complexity index is 1120. The fourth-order valence-electron chi connectivity index (χ4n) is 3.91. The third kappa shape index (κ3) is 3.89. The van der Waals surface area contributed by atoms with Gasteiger partial charge in [-0.15, -0.1) is 0 Å². The van der Waals surface area contributed by atoms with Gasteiger partial charge in [0.2, 0.25) is 5.91 Å². The van der Waals surface area contributed by atoms with Crippen LogP contribution in [0.2, 0.25) is 0 Å². The first kappa shape index (κ1) is 19.9. The minimum absolute atomic E-state index is 0.0805. The smallest absolute Gasteiger partial charge is 0.261 e. The van der Waals surface area contributed by atoms with Crippen LogP contribution in [0.25, 0.3) is 21.7 Å². The van der Waals surface area contributed by atoms with E-state index in [1.165, 1.54) is 11.8 Å². The highest BCUT2D eigenvalue weighted by Crippen LogP contribution is 2.25. The standard InChI is InChI=1S/C22H26N4O2S/c1-4-25-9-11-26(12-10-25)20(27)15(2)29-22-23-19-14-17-8-6-5-7-16(17)13-18(19)21(28)24(22)3/h5-8,13-15H,4,9-12H2,1-3H3/p+1/t15-/m0/s1. The Morgan fingerprint density at radius 3 is 2.52 bits per heavy atom. The molecule has 7 heteroatoms. The van der Waals surface area contributed by atoms with E-state index in [0.29, 0.717) is 16.1 Å². The van der Waals surface area contributed by atoms with Gasteiger partial charge in [-0.25, -0.2) is 4.98 Å². The van der Waals surface area contributed by atoms with E-state index in [4.69, 9.17) is 4.98 Å². The summed E-state index contributed by atoms with van der Waals surface area (Å²) in [6.07, 6.45) is 0. The summed E-state index contributed by atoms with van der Waals surface area (Å²) in [5.41, 5.74) is 0.595. The number of amides is 1. The van der Waals surface area contributed by atoms with Gasteiger partial charge in [0.05, 0.1) is 48.9 Å². The number of fused-ring (bicyclic) bond motifs is 2. The number of aromatic nitrogens is 2. The summed E-state index contributed by atoms with van der Waals surface area (Å²) in [6.45, 7) is 8.78. The Hall–Kier alpha value is -2.38. The van der Waals surface area contributed by atoms with Crippen LogP contribution in [0.3, 0.4) is 0 Å². The molecule has 0 saturated carbocycles. The van der Waals surface area contributed by atoms with Gasteiger partial charge < -0.3 is 9.80 Å². The fraction of sp³-hybridized carbons (Fsp3) is 0.409. The lowest BCUT2D eigenvalue weighted by atomic mass is 10.1. The van der Waals surface area contributed by atoms with Crippen LogP contribution >= 0.6 is 11.8 Å². The SMILES string of the molecule is CC[NH+]1CCN(C(=O)[C@H](C)Sc2nc3cc4ccccc4cc3c(=O)n2C)CC1. The Labute approximate surface area is 174 Å². The molecule has 0 aliphatic carbocycles. The molecule has 0 spiro atoms. The molecule has 1 fully saturated rings. The molecule has 1 saturated heterocycles. The van der Waals surface area contributed by atoms with Crippen LogP contribution in [0.1, 0.15) is 13.8 Å². The van der Waals surface area contributed by atoms with Crippen LogP contribution < -0.4 is 10.5 Å². The maximum absolute atomic E-state index is 12.9. The Morgan fingerprint density at radius 2 is 1.86 bits per heavy atom. The van der Waals surface area contributed by atoms with Crippen molar-refractivity contribution >= 4 is 39.3 Å². The highest BCUT2D eigenvalue weighted by atomic mass is 32.2. The van der Waals surface area contributed by atoms with Gasteiger partial charge in [-0.3, -0.25) is 14.2 Å². The average Bonchev–Trinajstić information content (AvgIpc) is 2.75. The van der Waals surface area contributed by atoms with Gasteiger partial charge in [0.25, 0.3) is 5.56 Å². The number of rotatable bonds is 4. The zero-order chi connectivity index (χ0) is 20.5. The number of carbonyl (C=O) groups excluding carboxylic acids is 1. The summed E-state index contributed by atoms with van der Waals surface area (Å²) in [5.74, 6) is 0.123. The van der Waals surface area contributed by atoms with E-state index in [-0.39, 0.29) is 16.7 Å². The van der Waals surface area contributed by atoms with E-state index < -0.39 is 0 Å². The van der Waals surface area contributed by atoms with Gasteiger partial charge in [-0.1, -0.05) is 36.0 Å². The summed E-state index contributed by atoms with van der Waals surface area (Å²) in [4.78, 5) is 34.1. The lowest BCUT2D eigenvalue weighted by Gasteiger charge is -2.33. The second-order valence-electron chi connectivity index (χ2n) is 7.66. The molecule has 0 radical (unpaired) electrons. The minimum atomic E-state index is -0.283. The van der Waals surface area contributed by atoms with Crippen molar-refractivity contribution in [1.82, 2.24) is 14.5 Å². The monoisotopic (exact) mass is 411 g/mol. The predicted octanol–water partition coefficient (Wildman–Crippen LogP) is 1.31. The van der Waals surface area contributed by atoms with Crippen molar-refractivity contribution < 1.29 is 9.69 Å². The maximum atomic E-state index is 12.9. The molecule has 29 heavy (non-hydrogen) atoms. The summed E-state index contributed by atoms with van der Waals surface area (Å²) >= 11 is 1.37. The van der Waals surface area contributed by atoms with Crippen molar-refractivity contribution in [2.24, 2.45) is 7.05 Å². The molecule has 2 aromatic carbocycles. The second-order valence-corrected chi connectivity index (χ2v) is 8.97. The summed E-state index contributed by atoms with van der Waals surface area (Å²) < 4.78 is 1.56. The molecule has 0 unspecified atom stereocenters. The average molecular weight is 412 g/mol. The highest BCUT2D eigenvalue weighted by molar-refractivity contribution is 8.00. The van der Waals surface area contributed by atoms with Gasteiger partial charge in [0.1, 0.15) is 0 Å². The summed E-state index contributed by atoms with van der Waals surface area (Å²) in [5, 5.41) is 2.98. The van der Waals surface area contributed by atoms with E-state index in [2.05, 4.69) is 6.92 Å². The lowest BCUT2D eigenvalue weighted by Crippen LogP contribution is -3.14. The zero-order valence-corrected chi connectivity index (χ0v) is 18.0. The molecule has 6 nitrogen and oxygen atoms in total. The number of thioether (sulfide) groups is 1. The molecular formula is C22H27N4O2S+. The molecule has 0 bridgehead atoms. The molecule has 1 amide bonds. The van der Waals surface area contributed by atoms with Crippen LogP contribution in [0, 0.1) is 0 Å². The normalized spacial score (nSPS) is 16.4. The largest absolute Gasteiger partial charge is 0.332 e. The number of benzene rings is 2. The maximum Gasteiger partial charge on any atom is 0.261 e. The molecule has 1 atom stereocenters. The van der Waals surface area contributed by atoms with Crippen LogP contribution in [0.5, 0.6) is 0 Å². The van der Waals surface area contributed by atoms with Crippen molar-refractivity contribution in [3.05, 3.63) is 46.8 Å². The van der Waals surface area contributed by atoms with Crippen molar-refractivity contribution in [2.45, 2.75) is 24.3 Å². The van der Waals surface area contributed by atoms with Crippen LogP contribution in [0.4, 0.5) is 0 Å². The third-order valence-corrected chi connectivity index (χ3v) is 6.95. The van der Waals surface area contributed by atoms with E-state index >= 15 is 0 Å². The molecule has 152 valence electrons. The predicted molar refractivity (Wildman–Crippen MR) is 118 cm³/mol. The van der Waals surface area contributed by atoms with Gasteiger partial charge >= 0.3 is 0 Å². The van der Waals surface area contributed by atoms with Gasteiger partial charge in [0.15, 0.2) is 5.16 Å². The first-order chi connectivity index (χ1) is 14.0. The van der Waals surface area contributed by atoms with Crippen molar-refractivity contribution in [1.29, 1.82) is 0 Å². The number of hydrogen-bond donors (Lipinski definition) is 1. The zero-order valence-electron chi connectivity index (χ0n) is 17.1. The number of nitrogens with one attached hydrogen (secondary N) is 1.